The third-order valence-electron chi connectivity index (χ3n) is 3.25. The second-order valence-electron chi connectivity index (χ2n) is 5.06. The average molecular weight is 362 g/mol. The molecule has 0 saturated carbocycles. The van der Waals surface area contributed by atoms with E-state index in [0.29, 0.717) is 17.8 Å². The quantitative estimate of drug-likeness (QED) is 0.670. The summed E-state index contributed by atoms with van der Waals surface area (Å²) in [6, 6.07) is 12.7. The van der Waals surface area contributed by atoms with Crippen LogP contribution in [0.4, 0.5) is 5.69 Å². The molecule has 3 N–H and O–H groups in total. The minimum atomic E-state index is -0.0132. The lowest BCUT2D eigenvalue weighted by Gasteiger charge is -2.10. The Balaban J connectivity index is 1.89. The molecule has 0 aliphatic carbocycles. The molecular formula is C17H13Cl2N3O2. The van der Waals surface area contributed by atoms with Crippen LogP contribution >= 0.6 is 23.2 Å². The third kappa shape index (κ3) is 3.69. The number of aromatic hydroxyl groups is 1. The number of benzene rings is 2. The minimum absolute atomic E-state index is 0.0132. The molecule has 0 atom stereocenters. The molecule has 3 rings (SSSR count). The molecule has 5 nitrogen and oxygen atoms in total. The summed E-state index contributed by atoms with van der Waals surface area (Å²) in [5.74, 6) is 0.199. The lowest BCUT2D eigenvalue weighted by Crippen LogP contribution is -1.99. The fraction of sp³-hybridized carbons (Fsp3) is 0.0588. The number of nitrogens with two attached hydrogens (primary N) is 1. The number of nitrogens with zero attached hydrogens (tertiary/aromatic N) is 2. The number of ether oxygens (including phenoxy) is 1. The molecule has 0 saturated heterocycles. The molecule has 2 aromatic carbocycles. The third-order valence-corrected chi connectivity index (χ3v) is 3.81. The predicted molar refractivity (Wildman–Crippen MR) is 93.9 cm³/mol. The summed E-state index contributed by atoms with van der Waals surface area (Å²) >= 11 is 12.2. The van der Waals surface area contributed by atoms with Crippen molar-refractivity contribution in [1.82, 2.24) is 9.97 Å². The fourth-order valence-electron chi connectivity index (χ4n) is 2.13. The van der Waals surface area contributed by atoms with Crippen LogP contribution in [0.15, 0.2) is 48.7 Å². The van der Waals surface area contributed by atoms with Gasteiger partial charge in [-0.2, -0.15) is 9.97 Å². The molecule has 0 spiro atoms. The number of anilines is 1. The number of halogens is 2. The number of aromatic nitrogens is 2. The van der Waals surface area contributed by atoms with Crippen molar-refractivity contribution in [2.24, 2.45) is 0 Å². The van der Waals surface area contributed by atoms with Gasteiger partial charge in [0.15, 0.2) is 11.5 Å². The number of rotatable bonds is 4. The first-order valence-corrected chi connectivity index (χ1v) is 7.79. The Bertz CT molecular complexity index is 850. The monoisotopic (exact) mass is 361 g/mol. The first-order chi connectivity index (χ1) is 11.5. The van der Waals surface area contributed by atoms with Gasteiger partial charge in [0.1, 0.15) is 0 Å². The van der Waals surface area contributed by atoms with Gasteiger partial charge in [-0.15, -0.1) is 0 Å². The van der Waals surface area contributed by atoms with E-state index in [-0.39, 0.29) is 27.6 Å². The molecule has 0 bridgehead atoms. The molecule has 0 amide bonds. The summed E-state index contributed by atoms with van der Waals surface area (Å²) in [4.78, 5) is 8.18. The Hall–Kier alpha value is -2.50. The second kappa shape index (κ2) is 6.95. The highest BCUT2D eigenvalue weighted by Gasteiger charge is 2.14. The van der Waals surface area contributed by atoms with E-state index in [1.54, 1.807) is 0 Å². The zero-order chi connectivity index (χ0) is 17.1. The van der Waals surface area contributed by atoms with Crippen molar-refractivity contribution in [2.45, 2.75) is 6.42 Å². The molecule has 0 unspecified atom stereocenters. The van der Waals surface area contributed by atoms with Crippen LogP contribution < -0.4 is 10.5 Å². The lowest BCUT2D eigenvalue weighted by atomic mass is 10.1. The van der Waals surface area contributed by atoms with Gasteiger partial charge >= 0.3 is 6.01 Å². The summed E-state index contributed by atoms with van der Waals surface area (Å²) in [6.07, 6.45) is 1.72. The van der Waals surface area contributed by atoms with E-state index in [0.717, 1.165) is 5.56 Å². The van der Waals surface area contributed by atoms with Crippen molar-refractivity contribution in [3.8, 4) is 17.5 Å². The molecule has 3 aromatic rings. The number of hydrogen-bond acceptors (Lipinski definition) is 5. The van der Waals surface area contributed by atoms with Crippen LogP contribution in [-0.4, -0.2) is 15.1 Å². The average Bonchev–Trinajstić information content (AvgIpc) is 2.55. The second-order valence-corrected chi connectivity index (χ2v) is 5.88. The Morgan fingerprint density at radius 2 is 1.75 bits per heavy atom. The molecule has 0 aliphatic heterocycles. The van der Waals surface area contributed by atoms with Crippen LogP contribution in [0.25, 0.3) is 0 Å². The SMILES string of the molecule is Nc1cc(Cl)c(Oc2ncc(O)c(Cc3ccccc3)n2)c(Cl)c1. The Morgan fingerprint density at radius 1 is 1.08 bits per heavy atom. The first-order valence-electron chi connectivity index (χ1n) is 7.04. The highest BCUT2D eigenvalue weighted by atomic mass is 35.5. The van der Waals surface area contributed by atoms with E-state index >= 15 is 0 Å². The van der Waals surface area contributed by atoms with Gasteiger partial charge in [-0.25, -0.2) is 0 Å². The first kappa shape index (κ1) is 16.4. The predicted octanol–water partition coefficient (Wildman–Crippen LogP) is 4.45. The van der Waals surface area contributed by atoms with Crippen LogP contribution in [-0.2, 0) is 6.42 Å². The largest absolute Gasteiger partial charge is 0.504 e. The van der Waals surface area contributed by atoms with E-state index < -0.39 is 0 Å². The molecule has 1 heterocycles. The van der Waals surface area contributed by atoms with Crippen molar-refractivity contribution in [3.05, 3.63) is 70.0 Å². The van der Waals surface area contributed by atoms with E-state index in [4.69, 9.17) is 33.7 Å². The standard InChI is InChI=1S/C17H13Cl2N3O2/c18-12-7-11(20)8-13(19)16(12)24-17-21-9-15(23)14(22-17)6-10-4-2-1-3-5-10/h1-5,7-9,23H,6,20H2. The molecule has 1 aromatic heterocycles. The summed E-state index contributed by atoms with van der Waals surface area (Å²) in [5, 5.41) is 10.5. The van der Waals surface area contributed by atoms with Crippen molar-refractivity contribution >= 4 is 28.9 Å². The topological polar surface area (TPSA) is 81.3 Å². The smallest absolute Gasteiger partial charge is 0.322 e. The van der Waals surface area contributed by atoms with Gasteiger partial charge < -0.3 is 15.6 Å². The van der Waals surface area contributed by atoms with Crippen LogP contribution in [0.3, 0.4) is 0 Å². The van der Waals surface area contributed by atoms with Gasteiger partial charge in [0.05, 0.1) is 21.9 Å². The van der Waals surface area contributed by atoms with Gasteiger partial charge in [0.25, 0.3) is 0 Å². The summed E-state index contributed by atoms with van der Waals surface area (Å²) < 4.78 is 5.58. The van der Waals surface area contributed by atoms with E-state index in [2.05, 4.69) is 9.97 Å². The molecule has 0 fully saturated rings. The Labute approximate surface area is 148 Å². The van der Waals surface area contributed by atoms with Crippen LogP contribution in [0, 0.1) is 0 Å². The van der Waals surface area contributed by atoms with Crippen molar-refractivity contribution in [1.29, 1.82) is 0 Å². The highest BCUT2D eigenvalue weighted by Crippen LogP contribution is 2.37. The van der Waals surface area contributed by atoms with Gasteiger partial charge in [0, 0.05) is 12.1 Å². The molecular weight excluding hydrogens is 349 g/mol. The van der Waals surface area contributed by atoms with Gasteiger partial charge in [-0.3, -0.25) is 0 Å². The van der Waals surface area contributed by atoms with E-state index in [1.807, 2.05) is 30.3 Å². The molecule has 7 heteroatoms. The molecule has 122 valence electrons. The van der Waals surface area contributed by atoms with Crippen molar-refractivity contribution < 1.29 is 9.84 Å². The Kier molecular flexibility index (Phi) is 4.74. The zero-order valence-electron chi connectivity index (χ0n) is 12.4. The molecule has 0 aliphatic rings. The highest BCUT2D eigenvalue weighted by molar-refractivity contribution is 6.37. The maximum absolute atomic E-state index is 9.96. The summed E-state index contributed by atoms with van der Waals surface area (Å²) in [7, 11) is 0. The number of hydrogen-bond donors (Lipinski definition) is 2. The zero-order valence-corrected chi connectivity index (χ0v) is 13.9. The van der Waals surface area contributed by atoms with Crippen LogP contribution in [0.1, 0.15) is 11.3 Å². The van der Waals surface area contributed by atoms with Crippen LogP contribution in [0.2, 0.25) is 10.0 Å². The van der Waals surface area contributed by atoms with Crippen molar-refractivity contribution in [2.75, 3.05) is 5.73 Å². The summed E-state index contributed by atoms with van der Waals surface area (Å²) in [6.45, 7) is 0. The van der Waals surface area contributed by atoms with Gasteiger partial charge in [-0.05, 0) is 17.7 Å². The normalized spacial score (nSPS) is 10.6. The Morgan fingerprint density at radius 3 is 2.42 bits per heavy atom. The van der Waals surface area contributed by atoms with Gasteiger partial charge in [0.2, 0.25) is 0 Å². The molecule has 24 heavy (non-hydrogen) atoms. The summed E-state index contributed by atoms with van der Waals surface area (Å²) in [5.41, 5.74) is 7.53. The van der Waals surface area contributed by atoms with Crippen molar-refractivity contribution in [3.63, 3.8) is 0 Å². The molecule has 0 radical (unpaired) electrons. The minimum Gasteiger partial charge on any atom is -0.504 e. The van der Waals surface area contributed by atoms with E-state index in [9.17, 15) is 5.11 Å². The van der Waals surface area contributed by atoms with Crippen LogP contribution in [0.5, 0.6) is 17.5 Å². The lowest BCUT2D eigenvalue weighted by molar-refractivity contribution is 0.421. The maximum Gasteiger partial charge on any atom is 0.322 e. The maximum atomic E-state index is 9.96. The number of nitrogen functional groups attached to an aromatic ring is 1. The fourth-order valence-corrected chi connectivity index (χ4v) is 2.71. The van der Waals surface area contributed by atoms with Gasteiger partial charge in [-0.1, -0.05) is 53.5 Å². The van der Waals surface area contributed by atoms with E-state index in [1.165, 1.54) is 18.3 Å².